The van der Waals surface area contributed by atoms with E-state index in [1.165, 1.54) is 35.0 Å². The Hall–Kier alpha value is -2.88. The smallest absolute Gasteiger partial charge is 0.392 e. The summed E-state index contributed by atoms with van der Waals surface area (Å²) in [7, 11) is 3.23. The number of fused-ring (bicyclic) bond motifs is 2. The molecule has 3 aliphatic heterocycles. The number of likely N-dealkylation sites (N-methyl/N-ethyl adjacent to an activating group) is 2. The maximum atomic E-state index is 13.2. The predicted octanol–water partition coefficient (Wildman–Crippen LogP) is 2.86. The Balaban J connectivity index is 1.43. The number of hydrogen-bond donors (Lipinski definition) is 0. The number of urea groups is 1. The molecule has 3 aliphatic rings. The van der Waals surface area contributed by atoms with E-state index < -0.39 is 6.04 Å². The van der Waals surface area contributed by atoms with Crippen LogP contribution in [0.1, 0.15) is 32.6 Å². The van der Waals surface area contributed by atoms with Gasteiger partial charge in [-0.25, -0.2) is 14.4 Å². The van der Waals surface area contributed by atoms with Crippen LogP contribution in [0.4, 0.5) is 4.79 Å². The number of aromatic nitrogens is 1. The monoisotopic (exact) mass is 469 g/mol. The van der Waals surface area contributed by atoms with E-state index in [-0.39, 0.29) is 11.9 Å². The van der Waals surface area contributed by atoms with Crippen LogP contribution in [0.15, 0.2) is 38.9 Å². The fourth-order valence-electron chi connectivity index (χ4n) is 4.88. The maximum absolute atomic E-state index is 13.2. The molecular weight excluding hydrogens is 440 g/mol. The number of likely N-dealkylation sites (tertiary alicyclic amines) is 1. The second kappa shape index (κ2) is 8.81. The number of para-hydroxylation sites is 2. The molecule has 0 N–H and O–H groups in total. The number of rotatable bonds is 5. The number of aliphatic imine (C=N–C) groups is 1. The summed E-state index contributed by atoms with van der Waals surface area (Å²) in [6.07, 6.45) is 4.44. The van der Waals surface area contributed by atoms with Crippen LogP contribution in [-0.4, -0.2) is 93.0 Å². The summed E-state index contributed by atoms with van der Waals surface area (Å²) in [4.78, 5) is 40.2. The zero-order chi connectivity index (χ0) is 23.1. The molecule has 0 saturated carbocycles. The van der Waals surface area contributed by atoms with Gasteiger partial charge < -0.3 is 4.42 Å². The highest BCUT2D eigenvalue weighted by Crippen LogP contribution is 2.27. The number of thioether (sulfide) groups is 1. The SMILES string of the molecule is CCC1CCCCN1C1=[N+](CCSc2nc3ccccc3o2)C2C(=O)N(C)C(=O)N(C)C2=N1. The van der Waals surface area contributed by atoms with Gasteiger partial charge in [0, 0.05) is 19.8 Å². The second-order valence-corrected chi connectivity index (χ2v) is 9.70. The van der Waals surface area contributed by atoms with Crippen LogP contribution in [0.5, 0.6) is 0 Å². The van der Waals surface area contributed by atoms with Crippen LogP contribution in [0.25, 0.3) is 11.1 Å². The van der Waals surface area contributed by atoms with Crippen molar-refractivity contribution in [1.29, 1.82) is 0 Å². The van der Waals surface area contributed by atoms with Crippen molar-refractivity contribution in [2.45, 2.75) is 49.9 Å². The largest absolute Gasteiger partial charge is 0.431 e. The van der Waals surface area contributed by atoms with Gasteiger partial charge >= 0.3 is 12.0 Å². The van der Waals surface area contributed by atoms with Crippen LogP contribution < -0.4 is 0 Å². The van der Waals surface area contributed by atoms with Crippen LogP contribution in [0.2, 0.25) is 0 Å². The van der Waals surface area contributed by atoms with Crippen molar-refractivity contribution in [2.75, 3.05) is 32.9 Å². The number of amidine groups is 1. The van der Waals surface area contributed by atoms with Gasteiger partial charge in [0.15, 0.2) is 5.58 Å². The number of oxazole rings is 1. The molecule has 10 heteroatoms. The van der Waals surface area contributed by atoms with Crippen molar-refractivity contribution in [3.05, 3.63) is 24.3 Å². The Morgan fingerprint density at radius 2 is 2.00 bits per heavy atom. The Bertz CT molecular complexity index is 1130. The summed E-state index contributed by atoms with van der Waals surface area (Å²) < 4.78 is 7.92. The molecule has 2 unspecified atom stereocenters. The van der Waals surface area contributed by atoms with Gasteiger partial charge in [0.05, 0.1) is 19.1 Å². The third kappa shape index (κ3) is 3.80. The van der Waals surface area contributed by atoms with E-state index in [4.69, 9.17) is 9.41 Å². The molecule has 2 saturated heterocycles. The highest BCUT2D eigenvalue weighted by molar-refractivity contribution is 7.99. The lowest BCUT2D eigenvalue weighted by atomic mass is 10.0. The third-order valence-electron chi connectivity index (χ3n) is 6.70. The summed E-state index contributed by atoms with van der Waals surface area (Å²) in [5, 5.41) is 0.613. The van der Waals surface area contributed by atoms with Gasteiger partial charge in [0.25, 0.3) is 11.1 Å². The topological polar surface area (TPSA) is 85.3 Å². The van der Waals surface area contributed by atoms with E-state index in [1.807, 2.05) is 24.3 Å². The standard InChI is InChI=1S/C23H29N6O3S/c1-4-15-9-7-8-12-28(15)21-25-19-18(20(30)27(3)23(31)26(19)2)29(21)13-14-33-22-24-16-10-5-6-11-17(16)32-22/h5-6,10-11,15,18H,4,7-9,12-14H2,1-3H3/q+1. The Labute approximate surface area is 197 Å². The number of amides is 3. The van der Waals surface area contributed by atoms with Crippen LogP contribution >= 0.6 is 11.8 Å². The summed E-state index contributed by atoms with van der Waals surface area (Å²) in [6, 6.07) is 7.16. The van der Waals surface area contributed by atoms with Crippen LogP contribution in [0, 0.1) is 0 Å². The van der Waals surface area contributed by atoms with Crippen LogP contribution in [-0.2, 0) is 4.79 Å². The predicted molar refractivity (Wildman–Crippen MR) is 127 cm³/mol. The second-order valence-electron chi connectivity index (χ2n) is 8.65. The molecule has 5 rings (SSSR count). The molecule has 1 aromatic heterocycles. The Morgan fingerprint density at radius 1 is 1.18 bits per heavy atom. The zero-order valence-corrected chi connectivity index (χ0v) is 20.0. The van der Waals surface area contributed by atoms with Gasteiger partial charge in [0.1, 0.15) is 5.52 Å². The van der Waals surface area contributed by atoms with Crippen LogP contribution in [0.3, 0.4) is 0 Å². The van der Waals surface area contributed by atoms with Gasteiger partial charge in [0.2, 0.25) is 11.9 Å². The molecule has 2 aromatic rings. The molecule has 3 amide bonds. The lowest BCUT2D eigenvalue weighted by molar-refractivity contribution is -0.535. The number of benzene rings is 1. The zero-order valence-electron chi connectivity index (χ0n) is 19.2. The molecule has 0 spiro atoms. The first-order chi connectivity index (χ1) is 16.0. The first-order valence-electron chi connectivity index (χ1n) is 11.5. The molecule has 2 atom stereocenters. The van der Waals surface area contributed by atoms with Crippen molar-refractivity contribution >= 4 is 46.6 Å². The minimum Gasteiger partial charge on any atom is -0.431 e. The van der Waals surface area contributed by atoms with E-state index in [1.54, 1.807) is 7.05 Å². The number of nitrogens with zero attached hydrogens (tertiary/aromatic N) is 6. The Morgan fingerprint density at radius 3 is 2.79 bits per heavy atom. The molecule has 1 aromatic carbocycles. The highest BCUT2D eigenvalue weighted by atomic mass is 32.2. The number of guanidine groups is 1. The third-order valence-corrected chi connectivity index (χ3v) is 7.51. The van der Waals surface area contributed by atoms with E-state index in [0.717, 1.165) is 42.9 Å². The number of hydrogen-bond acceptors (Lipinski definition) is 7. The number of carbonyl (C=O) groups excluding carboxylic acids is 2. The molecule has 0 bridgehead atoms. The quantitative estimate of drug-likeness (QED) is 0.495. The van der Waals surface area contributed by atoms with E-state index in [0.29, 0.717) is 29.4 Å². The Kier molecular flexibility index (Phi) is 5.86. The van der Waals surface area contributed by atoms with E-state index >= 15 is 0 Å². The maximum Gasteiger partial charge on any atom is 0.392 e. The van der Waals surface area contributed by atoms with Gasteiger partial charge in [-0.3, -0.25) is 19.5 Å². The molecule has 4 heterocycles. The van der Waals surface area contributed by atoms with Crippen molar-refractivity contribution in [3.63, 3.8) is 0 Å². The summed E-state index contributed by atoms with van der Waals surface area (Å²) >= 11 is 1.52. The normalized spacial score (nSPS) is 23.6. The number of piperidine rings is 1. The van der Waals surface area contributed by atoms with Gasteiger partial charge in [-0.1, -0.05) is 35.8 Å². The average Bonchev–Trinajstić information content (AvgIpc) is 3.43. The van der Waals surface area contributed by atoms with Crippen molar-refractivity contribution in [2.24, 2.45) is 4.99 Å². The summed E-state index contributed by atoms with van der Waals surface area (Å²) in [6.45, 7) is 3.69. The first-order valence-corrected chi connectivity index (χ1v) is 12.5. The minimum absolute atomic E-state index is 0.233. The lowest BCUT2D eigenvalue weighted by Gasteiger charge is -2.32. The average molecular weight is 470 g/mol. The number of carbonyl (C=O) groups is 2. The number of imide groups is 1. The summed E-state index contributed by atoms with van der Waals surface area (Å²) in [5.74, 6) is 1.77. The summed E-state index contributed by atoms with van der Waals surface area (Å²) in [5.41, 5.74) is 1.60. The fourth-order valence-corrected chi connectivity index (χ4v) is 5.65. The molecule has 174 valence electrons. The first kappa shape index (κ1) is 21.9. The molecule has 0 radical (unpaired) electrons. The molecular formula is C23H29N6O3S+. The van der Waals surface area contributed by atoms with Gasteiger partial charge in [-0.15, -0.1) is 0 Å². The molecule has 33 heavy (non-hydrogen) atoms. The van der Waals surface area contributed by atoms with E-state index in [2.05, 4.69) is 21.4 Å². The van der Waals surface area contributed by atoms with Crippen molar-refractivity contribution in [3.8, 4) is 0 Å². The lowest BCUT2D eigenvalue weighted by Crippen LogP contribution is -2.62. The van der Waals surface area contributed by atoms with E-state index in [9.17, 15) is 9.59 Å². The molecule has 0 aliphatic carbocycles. The van der Waals surface area contributed by atoms with Crippen molar-refractivity contribution in [1.82, 2.24) is 19.7 Å². The fraction of sp³-hybridized carbons (Fsp3) is 0.522. The minimum atomic E-state index is -0.587. The van der Waals surface area contributed by atoms with Gasteiger partial charge in [-0.05, 0) is 37.8 Å². The van der Waals surface area contributed by atoms with Crippen molar-refractivity contribution < 1.29 is 18.6 Å². The van der Waals surface area contributed by atoms with Gasteiger partial charge in [-0.2, -0.15) is 0 Å². The molecule has 2 fully saturated rings. The molecule has 9 nitrogen and oxygen atoms in total. The highest BCUT2D eigenvalue weighted by Gasteiger charge is 2.53.